The minimum Gasteiger partial charge on any atom is -0.345 e. The third-order valence-corrected chi connectivity index (χ3v) is 5.13. The second-order valence-corrected chi connectivity index (χ2v) is 7.34. The van der Waals surface area contributed by atoms with Gasteiger partial charge >= 0.3 is 0 Å². The van der Waals surface area contributed by atoms with Gasteiger partial charge in [-0.05, 0) is 36.2 Å². The lowest BCUT2D eigenvalue weighted by atomic mass is 10.0. The van der Waals surface area contributed by atoms with Gasteiger partial charge in [-0.25, -0.2) is 13.4 Å². The third-order valence-electron chi connectivity index (χ3n) is 3.51. The Bertz CT molecular complexity index is 820. The highest BCUT2D eigenvalue weighted by Gasteiger charge is 2.19. The van der Waals surface area contributed by atoms with Crippen molar-refractivity contribution < 1.29 is 13.2 Å². The number of aromatic nitrogens is 2. The highest BCUT2D eigenvalue weighted by Crippen LogP contribution is 2.20. The molecule has 0 fully saturated rings. The van der Waals surface area contributed by atoms with Crippen LogP contribution in [-0.2, 0) is 9.84 Å². The summed E-state index contributed by atoms with van der Waals surface area (Å²) in [7, 11) is -3.41. The van der Waals surface area contributed by atoms with Crippen molar-refractivity contribution in [3.8, 4) is 0 Å². The van der Waals surface area contributed by atoms with Crippen LogP contribution >= 0.6 is 0 Å². The standard InChI is InChI=1S/C17H19N3O3S/c1-3-5-15(20-17(21)13-6-9-18-10-7-13)14-8-11-19-16(12-14)24(22,23)4-2/h3,6-12,15H,1,4-5H2,2H3,(H,20,21)/t15-/m0/s1. The zero-order chi connectivity index (χ0) is 17.6. The van der Waals surface area contributed by atoms with Crippen LogP contribution in [0.1, 0.15) is 35.3 Å². The first-order valence-corrected chi connectivity index (χ1v) is 9.13. The van der Waals surface area contributed by atoms with Crippen LogP contribution in [0.4, 0.5) is 0 Å². The van der Waals surface area contributed by atoms with Crippen molar-refractivity contribution in [2.24, 2.45) is 0 Å². The van der Waals surface area contributed by atoms with E-state index in [1.54, 1.807) is 31.2 Å². The van der Waals surface area contributed by atoms with Crippen molar-refractivity contribution in [3.63, 3.8) is 0 Å². The average molecular weight is 345 g/mol. The first-order valence-electron chi connectivity index (χ1n) is 7.48. The number of nitrogens with one attached hydrogen (secondary N) is 1. The SMILES string of the molecule is C=CC[C@H](NC(=O)c1ccncc1)c1ccnc(S(=O)(=O)CC)c1. The smallest absolute Gasteiger partial charge is 0.251 e. The molecule has 6 nitrogen and oxygen atoms in total. The van der Waals surface area contributed by atoms with Crippen LogP contribution in [-0.4, -0.2) is 30.0 Å². The second kappa shape index (κ2) is 7.83. The summed E-state index contributed by atoms with van der Waals surface area (Å²) in [5, 5.41) is 2.90. The Morgan fingerprint density at radius 2 is 2.00 bits per heavy atom. The molecule has 1 N–H and O–H groups in total. The molecule has 0 bridgehead atoms. The Kier molecular flexibility index (Phi) is 5.81. The van der Waals surface area contributed by atoms with Crippen molar-refractivity contribution in [2.75, 3.05) is 5.75 Å². The minimum atomic E-state index is -3.41. The first-order chi connectivity index (χ1) is 11.5. The van der Waals surface area contributed by atoms with E-state index in [2.05, 4.69) is 21.9 Å². The molecule has 0 spiro atoms. The summed E-state index contributed by atoms with van der Waals surface area (Å²) in [5.74, 6) is -0.292. The molecule has 1 atom stereocenters. The van der Waals surface area contributed by atoms with Crippen molar-refractivity contribution in [1.29, 1.82) is 0 Å². The number of carbonyl (C=O) groups excluding carboxylic acids is 1. The van der Waals surface area contributed by atoms with Gasteiger partial charge in [-0.3, -0.25) is 9.78 Å². The van der Waals surface area contributed by atoms with Gasteiger partial charge in [0.05, 0.1) is 11.8 Å². The molecule has 1 amide bonds. The molecule has 0 unspecified atom stereocenters. The van der Waals surface area contributed by atoms with E-state index < -0.39 is 15.9 Å². The Morgan fingerprint density at radius 1 is 1.29 bits per heavy atom. The predicted molar refractivity (Wildman–Crippen MR) is 91.2 cm³/mol. The molecule has 126 valence electrons. The third kappa shape index (κ3) is 4.26. The zero-order valence-electron chi connectivity index (χ0n) is 13.3. The van der Waals surface area contributed by atoms with E-state index in [9.17, 15) is 13.2 Å². The van der Waals surface area contributed by atoms with E-state index >= 15 is 0 Å². The number of rotatable bonds is 7. The molecule has 2 heterocycles. The van der Waals surface area contributed by atoms with Gasteiger partial charge in [-0.15, -0.1) is 6.58 Å². The van der Waals surface area contributed by atoms with E-state index in [0.717, 1.165) is 0 Å². The van der Waals surface area contributed by atoms with Crippen LogP contribution in [0.5, 0.6) is 0 Å². The number of amides is 1. The normalized spacial score (nSPS) is 12.4. The quantitative estimate of drug-likeness (QED) is 0.778. The van der Waals surface area contributed by atoms with Gasteiger partial charge in [0.1, 0.15) is 0 Å². The second-order valence-electron chi connectivity index (χ2n) is 5.12. The molecule has 7 heteroatoms. The predicted octanol–water partition coefficient (Wildman–Crippen LogP) is 2.32. The van der Waals surface area contributed by atoms with E-state index in [4.69, 9.17) is 0 Å². The Hall–Kier alpha value is -2.54. The summed E-state index contributed by atoms with van der Waals surface area (Å²) in [6.45, 7) is 5.26. The van der Waals surface area contributed by atoms with Crippen LogP contribution in [0.3, 0.4) is 0 Å². The molecule has 0 aromatic carbocycles. The lowest BCUT2D eigenvalue weighted by Crippen LogP contribution is -2.28. The Labute approximate surface area is 141 Å². The maximum absolute atomic E-state index is 12.3. The van der Waals surface area contributed by atoms with Crippen molar-refractivity contribution in [1.82, 2.24) is 15.3 Å². The topological polar surface area (TPSA) is 89.0 Å². The van der Waals surface area contributed by atoms with Crippen LogP contribution in [0, 0.1) is 0 Å². The van der Waals surface area contributed by atoms with Gasteiger partial charge < -0.3 is 5.32 Å². The molecular weight excluding hydrogens is 326 g/mol. The molecular formula is C17H19N3O3S. The maximum atomic E-state index is 12.3. The lowest BCUT2D eigenvalue weighted by molar-refractivity contribution is 0.0937. The molecule has 2 aromatic heterocycles. The highest BCUT2D eigenvalue weighted by molar-refractivity contribution is 7.91. The molecule has 0 aliphatic carbocycles. The van der Waals surface area contributed by atoms with E-state index in [1.807, 2.05) is 0 Å². The number of sulfone groups is 1. The van der Waals surface area contributed by atoms with Crippen molar-refractivity contribution >= 4 is 15.7 Å². The maximum Gasteiger partial charge on any atom is 0.251 e. The van der Waals surface area contributed by atoms with E-state index in [-0.39, 0.29) is 16.7 Å². The summed E-state index contributed by atoms with van der Waals surface area (Å²) in [4.78, 5) is 20.1. The van der Waals surface area contributed by atoms with Crippen LogP contribution in [0.15, 0.2) is 60.5 Å². The van der Waals surface area contributed by atoms with Gasteiger partial charge in [0.2, 0.25) is 0 Å². The van der Waals surface area contributed by atoms with E-state index in [0.29, 0.717) is 17.5 Å². The lowest BCUT2D eigenvalue weighted by Gasteiger charge is -2.18. The van der Waals surface area contributed by atoms with Gasteiger partial charge in [-0.1, -0.05) is 13.0 Å². The average Bonchev–Trinajstić information content (AvgIpc) is 2.62. The highest BCUT2D eigenvalue weighted by atomic mass is 32.2. The Balaban J connectivity index is 2.29. The minimum absolute atomic E-state index is 0.00900. The summed E-state index contributed by atoms with van der Waals surface area (Å²) in [5.41, 5.74) is 1.15. The number of pyridine rings is 2. The fourth-order valence-electron chi connectivity index (χ4n) is 2.15. The fraction of sp³-hybridized carbons (Fsp3) is 0.235. The van der Waals surface area contributed by atoms with Crippen LogP contribution in [0.2, 0.25) is 0 Å². The molecule has 0 aliphatic heterocycles. The summed E-state index contributed by atoms with van der Waals surface area (Å²) < 4.78 is 24.0. The van der Waals surface area contributed by atoms with Crippen LogP contribution in [0.25, 0.3) is 0 Å². The van der Waals surface area contributed by atoms with Gasteiger partial charge in [-0.2, -0.15) is 0 Å². The van der Waals surface area contributed by atoms with Gasteiger partial charge in [0.25, 0.3) is 5.91 Å². The molecule has 24 heavy (non-hydrogen) atoms. The number of hydrogen-bond donors (Lipinski definition) is 1. The van der Waals surface area contributed by atoms with Crippen molar-refractivity contribution in [3.05, 3.63) is 66.6 Å². The zero-order valence-corrected chi connectivity index (χ0v) is 14.2. The summed E-state index contributed by atoms with van der Waals surface area (Å²) >= 11 is 0. The van der Waals surface area contributed by atoms with Crippen LogP contribution < -0.4 is 5.32 Å². The molecule has 2 rings (SSSR count). The first kappa shape index (κ1) is 17.8. The Morgan fingerprint density at radius 3 is 2.62 bits per heavy atom. The molecule has 0 radical (unpaired) electrons. The fourth-order valence-corrected chi connectivity index (χ4v) is 2.98. The molecule has 0 saturated carbocycles. The van der Waals surface area contributed by atoms with E-state index in [1.165, 1.54) is 24.7 Å². The molecule has 0 saturated heterocycles. The molecule has 2 aromatic rings. The number of carbonyl (C=O) groups is 1. The van der Waals surface area contributed by atoms with Gasteiger partial charge in [0.15, 0.2) is 14.9 Å². The number of nitrogens with zero attached hydrogens (tertiary/aromatic N) is 2. The number of hydrogen-bond acceptors (Lipinski definition) is 5. The van der Waals surface area contributed by atoms with Gasteiger partial charge in [0, 0.05) is 24.2 Å². The largest absolute Gasteiger partial charge is 0.345 e. The van der Waals surface area contributed by atoms with Crippen molar-refractivity contribution in [2.45, 2.75) is 24.4 Å². The molecule has 0 aliphatic rings. The summed E-state index contributed by atoms with van der Waals surface area (Å²) in [6.07, 6.45) is 6.65. The monoisotopic (exact) mass is 345 g/mol. The summed E-state index contributed by atoms with van der Waals surface area (Å²) in [6, 6.07) is 6.02.